The van der Waals surface area contributed by atoms with E-state index in [-0.39, 0.29) is 21.1 Å². The summed E-state index contributed by atoms with van der Waals surface area (Å²) < 4.78 is 2.38. The van der Waals surface area contributed by atoms with Gasteiger partial charge in [-0.1, -0.05) is 211 Å². The number of rotatable bonds is 9. The molecule has 15 rings (SSSR count). The van der Waals surface area contributed by atoms with Crippen LogP contribution in [0.1, 0.15) is 39.1 Å². The number of aromatic nitrogens is 4. The van der Waals surface area contributed by atoms with Crippen LogP contribution < -0.4 is 4.98 Å². The molecule has 3 aromatic heterocycles. The summed E-state index contributed by atoms with van der Waals surface area (Å²) in [6.45, 7) is 6.64. The fraction of sp³-hybridized carbons (Fsp3) is 0.0526. The normalized spacial score (nSPS) is 12.4. The average molecular weight is 1220 g/mol. The Labute approximate surface area is 486 Å². The van der Waals surface area contributed by atoms with Gasteiger partial charge in [0, 0.05) is 23.0 Å². The first-order valence-electron chi connectivity index (χ1n) is 27.5. The SMILES string of the molecule is Cc1cc(C)c(-c2cccc3[n-]c4c(-c5nc6c(-c7[c-]c(C8(c9cc(-c%10ccccc%10)ccn9)c9ccccc9-c9ccccc98)ccc7)ccc(-c7ccccc7)c6n5-c5ccccc5)cc(-c5ccccc5)cc4c23)c(C)c1.[Pt+2]. The summed E-state index contributed by atoms with van der Waals surface area (Å²) in [5, 5.41) is 2.23. The predicted molar refractivity (Wildman–Crippen MR) is 330 cm³/mol. The molecule has 0 radical (unpaired) electrons. The van der Waals surface area contributed by atoms with E-state index < -0.39 is 5.41 Å². The molecule has 0 fully saturated rings. The van der Waals surface area contributed by atoms with Crippen LogP contribution in [0.5, 0.6) is 0 Å². The van der Waals surface area contributed by atoms with Gasteiger partial charge in [0.05, 0.1) is 22.1 Å². The zero-order valence-electron chi connectivity index (χ0n) is 44.9. The van der Waals surface area contributed by atoms with Gasteiger partial charge < -0.3 is 4.98 Å². The molecule has 0 bridgehead atoms. The van der Waals surface area contributed by atoms with Crippen molar-refractivity contribution in [2.45, 2.75) is 26.2 Å². The van der Waals surface area contributed by atoms with Crippen LogP contribution >= 0.6 is 0 Å². The van der Waals surface area contributed by atoms with Crippen molar-refractivity contribution in [1.29, 1.82) is 0 Å². The summed E-state index contributed by atoms with van der Waals surface area (Å²) in [6, 6.07) is 96.1. The van der Waals surface area contributed by atoms with Gasteiger partial charge in [-0.15, -0.1) is 46.4 Å². The summed E-state index contributed by atoms with van der Waals surface area (Å²) in [4.78, 5) is 17.0. The number of fused-ring (bicyclic) bond motifs is 7. The van der Waals surface area contributed by atoms with E-state index >= 15 is 0 Å². The Morgan fingerprint density at radius 1 is 0.457 bits per heavy atom. The molecule has 1 aliphatic carbocycles. The quantitative estimate of drug-likeness (QED) is 0.135. The summed E-state index contributed by atoms with van der Waals surface area (Å²) in [5.74, 6) is 0.805. The van der Waals surface area contributed by atoms with Crippen molar-refractivity contribution in [3.63, 3.8) is 0 Å². The van der Waals surface area contributed by atoms with E-state index in [2.05, 4.69) is 286 Å². The van der Waals surface area contributed by atoms with Gasteiger partial charge in [0.15, 0.2) is 0 Å². The van der Waals surface area contributed by atoms with Crippen LogP contribution in [0.3, 0.4) is 0 Å². The predicted octanol–water partition coefficient (Wildman–Crippen LogP) is 18.8. The molecule has 14 aromatic rings. The molecule has 81 heavy (non-hydrogen) atoms. The number of imidazole rings is 1. The standard InChI is InChI=1S/C76H52N4.Pt/c1-48-42-49(2)70(50(3)43-48)63-34-21-37-68-71(63)64-45-56(52-24-10-5-11-25-52)46-65(72(64)78-68)75-79-73-59(38-39-60(53-26-12-6-13-27-53)74(73)80(75)58-30-14-7-15-31-58)55-28-20-29-57(44-55)76(69-47-54(40-41-77-69)51-22-8-4-9-23-51)66-35-18-16-32-61(66)62-33-17-19-36-67(62)76;/h4-43,45-47H,1-3H3;/q-2;+2. The van der Waals surface area contributed by atoms with Gasteiger partial charge in [0.1, 0.15) is 5.82 Å². The molecule has 0 N–H and O–H groups in total. The van der Waals surface area contributed by atoms with Crippen LogP contribution in [0, 0.1) is 26.8 Å². The number of para-hydroxylation sites is 1. The van der Waals surface area contributed by atoms with Crippen molar-refractivity contribution in [2.75, 3.05) is 0 Å². The second-order valence-electron chi connectivity index (χ2n) is 21.3. The monoisotopic (exact) mass is 1220 g/mol. The second kappa shape index (κ2) is 20.0. The molecule has 3 heterocycles. The summed E-state index contributed by atoms with van der Waals surface area (Å²) >= 11 is 0. The largest absolute Gasteiger partial charge is 2.00 e. The number of hydrogen-bond donors (Lipinski definition) is 0. The van der Waals surface area contributed by atoms with Crippen molar-refractivity contribution in [3.05, 3.63) is 306 Å². The van der Waals surface area contributed by atoms with Gasteiger partial charge in [-0.25, -0.2) is 4.98 Å². The van der Waals surface area contributed by atoms with Gasteiger partial charge in [0.2, 0.25) is 0 Å². The smallest absolute Gasteiger partial charge is 0.656 e. The van der Waals surface area contributed by atoms with E-state index in [1.807, 2.05) is 6.20 Å². The Morgan fingerprint density at radius 3 is 1.72 bits per heavy atom. The number of pyridine rings is 1. The van der Waals surface area contributed by atoms with E-state index in [0.717, 1.165) is 106 Å². The van der Waals surface area contributed by atoms with Crippen LogP contribution in [0.15, 0.2) is 261 Å². The Morgan fingerprint density at radius 2 is 1.04 bits per heavy atom. The molecule has 4 nitrogen and oxygen atoms in total. The molecular formula is C76H52N4Pt. The maximum atomic E-state index is 6.01. The Hall–Kier alpha value is -9.47. The van der Waals surface area contributed by atoms with E-state index in [1.54, 1.807) is 0 Å². The van der Waals surface area contributed by atoms with Crippen LogP contribution in [0.2, 0.25) is 0 Å². The first-order chi connectivity index (χ1) is 39.4. The molecule has 1 aliphatic rings. The molecule has 0 amide bonds. The molecule has 0 saturated carbocycles. The van der Waals surface area contributed by atoms with Gasteiger partial charge in [-0.3, -0.25) is 9.55 Å². The first-order valence-corrected chi connectivity index (χ1v) is 27.5. The van der Waals surface area contributed by atoms with Crippen molar-refractivity contribution >= 4 is 32.8 Å². The first kappa shape index (κ1) is 49.8. The van der Waals surface area contributed by atoms with Gasteiger partial charge in [-0.2, -0.15) is 0 Å². The Kier molecular flexibility index (Phi) is 12.3. The molecule has 11 aromatic carbocycles. The minimum Gasteiger partial charge on any atom is -0.656 e. The van der Waals surface area contributed by atoms with Crippen LogP contribution in [0.25, 0.3) is 117 Å². The minimum atomic E-state index is -0.797. The van der Waals surface area contributed by atoms with Crippen molar-refractivity contribution < 1.29 is 21.1 Å². The number of aryl methyl sites for hydroxylation is 3. The Bertz CT molecular complexity index is 4660. The molecule has 386 valence electrons. The fourth-order valence-electron chi connectivity index (χ4n) is 13.3. The number of nitrogens with zero attached hydrogens (tertiary/aromatic N) is 4. The van der Waals surface area contributed by atoms with Crippen LogP contribution in [0.4, 0.5) is 0 Å². The third-order valence-electron chi connectivity index (χ3n) is 16.5. The molecule has 0 atom stereocenters. The maximum Gasteiger partial charge on any atom is 2.00 e. The summed E-state index contributed by atoms with van der Waals surface area (Å²) in [7, 11) is 0. The number of benzene rings is 11. The van der Waals surface area contributed by atoms with Gasteiger partial charge >= 0.3 is 21.1 Å². The molecular weight excluding hydrogens is 1160 g/mol. The second-order valence-corrected chi connectivity index (χ2v) is 21.3. The molecule has 0 spiro atoms. The zero-order valence-corrected chi connectivity index (χ0v) is 47.2. The third-order valence-corrected chi connectivity index (χ3v) is 16.5. The summed E-state index contributed by atoms with van der Waals surface area (Å²) in [5.41, 5.74) is 26.3. The molecule has 0 aliphatic heterocycles. The van der Waals surface area contributed by atoms with Gasteiger partial charge in [0.25, 0.3) is 0 Å². The zero-order chi connectivity index (χ0) is 53.5. The van der Waals surface area contributed by atoms with Crippen LogP contribution in [-0.4, -0.2) is 14.5 Å². The van der Waals surface area contributed by atoms with E-state index in [0.29, 0.717) is 0 Å². The molecule has 0 unspecified atom stereocenters. The topological polar surface area (TPSA) is 44.8 Å². The van der Waals surface area contributed by atoms with Crippen molar-refractivity contribution in [2.24, 2.45) is 0 Å². The van der Waals surface area contributed by atoms with E-state index in [4.69, 9.17) is 15.0 Å². The summed E-state index contributed by atoms with van der Waals surface area (Å²) in [6.07, 6.45) is 1.97. The van der Waals surface area contributed by atoms with E-state index in [9.17, 15) is 0 Å². The van der Waals surface area contributed by atoms with Gasteiger partial charge in [-0.05, 0) is 140 Å². The average Bonchev–Trinajstić information content (AvgIpc) is 3.18. The third kappa shape index (κ3) is 8.00. The molecule has 0 saturated heterocycles. The van der Waals surface area contributed by atoms with Crippen molar-refractivity contribution in [1.82, 2.24) is 19.5 Å². The fourth-order valence-corrected chi connectivity index (χ4v) is 13.3. The Balaban J connectivity index is 0.00000589. The maximum absolute atomic E-state index is 6.01. The number of hydrogen-bond acceptors (Lipinski definition) is 2. The van der Waals surface area contributed by atoms with Crippen LogP contribution in [-0.2, 0) is 26.5 Å². The molecule has 5 heteroatoms. The van der Waals surface area contributed by atoms with E-state index in [1.165, 1.54) is 50.1 Å². The van der Waals surface area contributed by atoms with Crippen molar-refractivity contribution in [3.8, 4) is 83.8 Å². The minimum absolute atomic E-state index is 0.